The molecule has 0 aromatic heterocycles. The summed E-state index contributed by atoms with van der Waals surface area (Å²) in [5.41, 5.74) is 0. The van der Waals surface area contributed by atoms with E-state index in [-0.39, 0.29) is 6.03 Å². The number of hydrogen-bond acceptors (Lipinski definition) is 2. The predicted molar refractivity (Wildman–Crippen MR) is 78.1 cm³/mol. The van der Waals surface area contributed by atoms with Crippen LogP contribution in [0.1, 0.15) is 57.8 Å². The maximum absolute atomic E-state index is 11.9. The molecule has 2 rings (SSSR count). The molecule has 0 bridgehead atoms. The standard InChI is InChI=1S/C14H26N2OS/c1-18-13-9-7-12(8-10-13)16-14(17)15-11-5-3-2-4-6-11/h11-13H,2-10H2,1H3,(H2,15,16,17). The van der Waals surface area contributed by atoms with Crippen molar-refractivity contribution in [2.45, 2.75) is 75.1 Å². The molecule has 0 saturated heterocycles. The van der Waals surface area contributed by atoms with Gasteiger partial charge in [-0.05, 0) is 44.8 Å². The van der Waals surface area contributed by atoms with Crippen LogP contribution < -0.4 is 10.6 Å². The van der Waals surface area contributed by atoms with Gasteiger partial charge in [0.2, 0.25) is 0 Å². The molecule has 0 aliphatic heterocycles. The van der Waals surface area contributed by atoms with Crippen molar-refractivity contribution in [3.63, 3.8) is 0 Å². The van der Waals surface area contributed by atoms with Gasteiger partial charge < -0.3 is 10.6 Å². The van der Waals surface area contributed by atoms with E-state index in [0.29, 0.717) is 12.1 Å². The lowest BCUT2D eigenvalue weighted by Crippen LogP contribution is -2.47. The predicted octanol–water partition coefficient (Wildman–Crippen LogP) is 3.29. The van der Waals surface area contributed by atoms with E-state index in [1.807, 2.05) is 11.8 Å². The van der Waals surface area contributed by atoms with Crippen molar-refractivity contribution in [3.05, 3.63) is 0 Å². The number of carbonyl (C=O) groups is 1. The molecule has 2 N–H and O–H groups in total. The van der Waals surface area contributed by atoms with E-state index >= 15 is 0 Å². The van der Waals surface area contributed by atoms with Gasteiger partial charge in [-0.2, -0.15) is 11.8 Å². The molecule has 3 nitrogen and oxygen atoms in total. The summed E-state index contributed by atoms with van der Waals surface area (Å²) in [6, 6.07) is 0.882. The maximum Gasteiger partial charge on any atom is 0.315 e. The third-order valence-corrected chi connectivity index (χ3v) is 5.42. The molecule has 0 aromatic carbocycles. The molecule has 2 aliphatic rings. The molecular weight excluding hydrogens is 244 g/mol. The van der Waals surface area contributed by atoms with Crippen LogP contribution in [0.2, 0.25) is 0 Å². The van der Waals surface area contributed by atoms with E-state index < -0.39 is 0 Å². The maximum atomic E-state index is 11.9. The Morgan fingerprint density at radius 1 is 0.889 bits per heavy atom. The molecule has 2 amide bonds. The van der Waals surface area contributed by atoms with Crippen molar-refractivity contribution in [2.24, 2.45) is 0 Å². The molecule has 2 fully saturated rings. The Bertz CT molecular complexity index is 259. The Morgan fingerprint density at radius 3 is 2.00 bits per heavy atom. The fourth-order valence-corrected chi connectivity index (χ4v) is 3.85. The van der Waals surface area contributed by atoms with Gasteiger partial charge in [-0.1, -0.05) is 19.3 Å². The topological polar surface area (TPSA) is 41.1 Å². The van der Waals surface area contributed by atoms with Gasteiger partial charge in [0.15, 0.2) is 0 Å². The summed E-state index contributed by atoms with van der Waals surface area (Å²) in [7, 11) is 0. The van der Waals surface area contributed by atoms with E-state index in [1.165, 1.54) is 32.1 Å². The van der Waals surface area contributed by atoms with Gasteiger partial charge in [-0.3, -0.25) is 0 Å². The van der Waals surface area contributed by atoms with Gasteiger partial charge in [0.1, 0.15) is 0 Å². The normalized spacial score (nSPS) is 29.8. The van der Waals surface area contributed by atoms with E-state index in [1.54, 1.807) is 0 Å². The first kappa shape index (κ1) is 14.0. The van der Waals surface area contributed by atoms with Crippen LogP contribution in [0.4, 0.5) is 4.79 Å². The summed E-state index contributed by atoms with van der Waals surface area (Å²) < 4.78 is 0. The summed E-state index contributed by atoms with van der Waals surface area (Å²) in [6.07, 6.45) is 13.2. The third kappa shape index (κ3) is 4.38. The minimum Gasteiger partial charge on any atom is -0.335 e. The van der Waals surface area contributed by atoms with E-state index in [4.69, 9.17) is 0 Å². The first-order valence-electron chi connectivity index (χ1n) is 7.37. The summed E-state index contributed by atoms with van der Waals surface area (Å²) in [5, 5.41) is 7.10. The highest BCUT2D eigenvalue weighted by atomic mass is 32.2. The van der Waals surface area contributed by atoms with Gasteiger partial charge >= 0.3 is 6.03 Å². The quantitative estimate of drug-likeness (QED) is 0.826. The van der Waals surface area contributed by atoms with Crippen LogP contribution in [0.3, 0.4) is 0 Å². The minimum atomic E-state index is 0.0644. The lowest BCUT2D eigenvalue weighted by molar-refractivity contribution is 0.225. The highest BCUT2D eigenvalue weighted by Crippen LogP contribution is 2.26. The molecule has 0 radical (unpaired) electrons. The first-order valence-corrected chi connectivity index (χ1v) is 8.66. The second kappa shape index (κ2) is 7.27. The molecule has 4 heteroatoms. The van der Waals surface area contributed by atoms with Crippen molar-refractivity contribution >= 4 is 17.8 Å². The average molecular weight is 270 g/mol. The molecular formula is C14H26N2OS. The highest BCUT2D eigenvalue weighted by Gasteiger charge is 2.22. The fourth-order valence-electron chi connectivity index (χ4n) is 3.10. The molecule has 104 valence electrons. The van der Waals surface area contributed by atoms with E-state index in [2.05, 4.69) is 16.9 Å². The molecule has 18 heavy (non-hydrogen) atoms. The second-order valence-electron chi connectivity index (χ2n) is 5.66. The number of nitrogens with one attached hydrogen (secondary N) is 2. The van der Waals surface area contributed by atoms with Crippen LogP contribution in [0, 0.1) is 0 Å². The summed E-state index contributed by atoms with van der Waals surface area (Å²) in [5.74, 6) is 0. The van der Waals surface area contributed by atoms with Crippen molar-refractivity contribution in [2.75, 3.05) is 6.26 Å². The zero-order valence-electron chi connectivity index (χ0n) is 11.4. The number of amides is 2. The summed E-state index contributed by atoms with van der Waals surface area (Å²) >= 11 is 1.97. The number of thioether (sulfide) groups is 1. The van der Waals surface area contributed by atoms with Crippen LogP contribution in [-0.2, 0) is 0 Å². The molecule has 0 atom stereocenters. The first-order chi connectivity index (χ1) is 8.78. The Labute approximate surface area is 115 Å². The van der Waals surface area contributed by atoms with Crippen LogP contribution in [0.25, 0.3) is 0 Å². The lowest BCUT2D eigenvalue weighted by atomic mass is 9.94. The van der Waals surface area contributed by atoms with Gasteiger partial charge in [0, 0.05) is 17.3 Å². The van der Waals surface area contributed by atoms with Crippen LogP contribution >= 0.6 is 11.8 Å². The fraction of sp³-hybridized carbons (Fsp3) is 0.929. The molecule has 0 heterocycles. The second-order valence-corrected chi connectivity index (χ2v) is 6.80. The molecule has 2 aliphatic carbocycles. The SMILES string of the molecule is CSC1CCC(NC(=O)NC2CCCCC2)CC1. The summed E-state index contributed by atoms with van der Waals surface area (Å²) in [4.78, 5) is 11.9. The molecule has 0 spiro atoms. The average Bonchev–Trinajstić information content (AvgIpc) is 2.40. The largest absolute Gasteiger partial charge is 0.335 e. The van der Waals surface area contributed by atoms with Crippen molar-refractivity contribution < 1.29 is 4.79 Å². The lowest BCUT2D eigenvalue weighted by Gasteiger charge is -2.29. The van der Waals surface area contributed by atoms with Crippen molar-refractivity contribution in [1.29, 1.82) is 0 Å². The molecule has 0 aromatic rings. The zero-order chi connectivity index (χ0) is 12.8. The van der Waals surface area contributed by atoms with Crippen LogP contribution in [0.5, 0.6) is 0 Å². The van der Waals surface area contributed by atoms with Gasteiger partial charge in [-0.15, -0.1) is 0 Å². The Morgan fingerprint density at radius 2 is 1.44 bits per heavy atom. The van der Waals surface area contributed by atoms with Crippen molar-refractivity contribution in [1.82, 2.24) is 10.6 Å². The number of hydrogen-bond donors (Lipinski definition) is 2. The van der Waals surface area contributed by atoms with Gasteiger partial charge in [0.25, 0.3) is 0 Å². The Hall–Kier alpha value is -0.380. The van der Waals surface area contributed by atoms with Crippen LogP contribution in [-0.4, -0.2) is 29.6 Å². The molecule has 0 unspecified atom stereocenters. The van der Waals surface area contributed by atoms with Gasteiger partial charge in [-0.25, -0.2) is 4.79 Å². The number of carbonyl (C=O) groups excluding carboxylic acids is 1. The molecule has 2 saturated carbocycles. The van der Waals surface area contributed by atoms with Gasteiger partial charge in [0.05, 0.1) is 0 Å². The van der Waals surface area contributed by atoms with E-state index in [0.717, 1.165) is 30.9 Å². The monoisotopic (exact) mass is 270 g/mol. The van der Waals surface area contributed by atoms with Crippen LogP contribution in [0.15, 0.2) is 0 Å². The van der Waals surface area contributed by atoms with Crippen molar-refractivity contribution in [3.8, 4) is 0 Å². The highest BCUT2D eigenvalue weighted by molar-refractivity contribution is 7.99. The third-order valence-electron chi connectivity index (χ3n) is 4.28. The Balaban J connectivity index is 1.65. The van der Waals surface area contributed by atoms with E-state index in [9.17, 15) is 4.79 Å². The zero-order valence-corrected chi connectivity index (χ0v) is 12.2. The number of urea groups is 1. The smallest absolute Gasteiger partial charge is 0.315 e. The minimum absolute atomic E-state index is 0.0644. The number of rotatable bonds is 3. The Kier molecular flexibility index (Phi) is 5.67. The summed E-state index contributed by atoms with van der Waals surface area (Å²) in [6.45, 7) is 0.